The Hall–Kier alpha value is -3.49. The van der Waals surface area contributed by atoms with E-state index in [2.05, 4.69) is 11.1 Å². The number of nitrogens with zero attached hydrogens (tertiary/aromatic N) is 1. The second-order valence-corrected chi connectivity index (χ2v) is 26.7. The summed E-state index contributed by atoms with van der Waals surface area (Å²) in [5.74, 6) is -5.32. The standard InChI is InChI=1S/C40H71NO14.C13H16O2.C12H26O4S/c1-15-27-40(11,48)33(44)22(5)30(43)20(3)18-38(9,47)35(55-37-32(53-28(42)16-2)26(41(12)13)17-21(4)50-37)23(6)31(24(7)36(46)52-27)54-29-19-39(10,49-14)34(45)25(8)51-29;1-9(2)4-5-12-8-11(10(3)14)6-7-13(12)15;1-2-3-4-5-6-7-8-9-10-11-12-16-17(13,14)15/h20-27,29,31-35,37,44-45,47-48H,15-19H2,1-14H3;4,6-8,15H,5H2,1-3H3;2-12H2,1H3,(H,13,14,15). The number of phenolic OH excluding ortho intramolecular Hbond substituents is 1. The number of phenols is 1. The third-order valence-electron chi connectivity index (χ3n) is 17.3. The molecule has 3 aliphatic rings. The van der Waals surface area contributed by atoms with Crippen molar-refractivity contribution in [1.82, 2.24) is 4.90 Å². The van der Waals surface area contributed by atoms with E-state index in [0.29, 0.717) is 24.8 Å². The highest BCUT2D eigenvalue weighted by molar-refractivity contribution is 7.80. The Labute approximate surface area is 520 Å². The molecule has 3 aliphatic heterocycles. The maximum Gasteiger partial charge on any atom is 0.397 e. The molecule has 3 saturated heterocycles. The number of hydrogen-bond donors (Lipinski definition) is 6. The number of allylic oxidation sites excluding steroid dienone is 2. The number of ketones is 2. The third-order valence-corrected chi connectivity index (χ3v) is 17.8. The Morgan fingerprint density at radius 1 is 0.805 bits per heavy atom. The van der Waals surface area contributed by atoms with E-state index in [0.717, 1.165) is 18.4 Å². The molecule has 87 heavy (non-hydrogen) atoms. The summed E-state index contributed by atoms with van der Waals surface area (Å²) in [5, 5.41) is 56.2. The molecule has 0 radical (unpaired) electrons. The summed E-state index contributed by atoms with van der Waals surface area (Å²) in [6, 6.07) is 4.65. The highest BCUT2D eigenvalue weighted by Gasteiger charge is 2.54. The lowest BCUT2D eigenvalue weighted by molar-refractivity contribution is -0.319. The molecule has 4 rings (SSSR count). The molecule has 3 fully saturated rings. The molecule has 6 N–H and O–H groups in total. The SMILES string of the molecule is CC(=O)c1ccc(O)c(CC=C(C)C)c1.CCC(=O)OC1C(OC2C(C)C(OC3CC(C)(OC)C(O)C(C)O3)C(C)C(=O)OC(CC)C(C)(O)C(O)C(C)C(=O)C(C)CC2(C)O)OC(C)CC1N(C)C.CCCCCCCCCCCCOS(=O)(=O)O. The number of likely N-dealkylation sites (N-methyl/N-ethyl adjacent to an activating group) is 1. The van der Waals surface area contributed by atoms with Gasteiger partial charge in [-0.05, 0) is 132 Å². The van der Waals surface area contributed by atoms with E-state index in [4.69, 9.17) is 37.7 Å². The van der Waals surface area contributed by atoms with Gasteiger partial charge in [-0.3, -0.25) is 23.7 Å². The molecular formula is C65H113NO20S. The van der Waals surface area contributed by atoms with E-state index in [1.807, 2.05) is 45.8 Å². The number of rotatable bonds is 24. The minimum Gasteiger partial charge on any atom is -0.508 e. The van der Waals surface area contributed by atoms with Crippen molar-refractivity contribution in [2.24, 2.45) is 23.7 Å². The molecule has 18 unspecified atom stereocenters. The average molecular weight is 1260 g/mol. The fraction of sp³-hybridized carbons (Fsp3) is 0.815. The van der Waals surface area contributed by atoms with Crippen LogP contribution in [0.1, 0.15) is 216 Å². The molecule has 0 aromatic heterocycles. The number of ether oxygens (including phenoxy) is 7. The molecule has 0 spiro atoms. The Balaban J connectivity index is 0.000000651. The van der Waals surface area contributed by atoms with Gasteiger partial charge in [0.2, 0.25) is 0 Å². The summed E-state index contributed by atoms with van der Waals surface area (Å²) in [4.78, 5) is 54.0. The van der Waals surface area contributed by atoms with Crippen LogP contribution in [-0.4, -0.2) is 179 Å². The van der Waals surface area contributed by atoms with Crippen LogP contribution in [-0.2, 0) is 68.5 Å². The fourth-order valence-corrected chi connectivity index (χ4v) is 12.1. The molecule has 18 atom stereocenters. The molecule has 0 saturated carbocycles. The van der Waals surface area contributed by atoms with Crippen LogP contribution in [0.25, 0.3) is 0 Å². The van der Waals surface area contributed by atoms with E-state index in [9.17, 15) is 53.1 Å². The quantitative estimate of drug-likeness (QED) is 0.0184. The summed E-state index contributed by atoms with van der Waals surface area (Å²) in [5.41, 5.74) is -2.29. The van der Waals surface area contributed by atoms with Crippen LogP contribution >= 0.6 is 0 Å². The zero-order valence-corrected chi connectivity index (χ0v) is 56.6. The van der Waals surface area contributed by atoms with Crippen LogP contribution in [0, 0.1) is 23.7 Å². The molecule has 0 amide bonds. The van der Waals surface area contributed by atoms with Crippen LogP contribution < -0.4 is 0 Å². The van der Waals surface area contributed by atoms with Crippen LogP contribution in [0.15, 0.2) is 29.8 Å². The first-order valence-electron chi connectivity index (χ1n) is 31.6. The normalized spacial score (nSPS) is 33.6. The van der Waals surface area contributed by atoms with Crippen molar-refractivity contribution in [2.75, 3.05) is 27.8 Å². The van der Waals surface area contributed by atoms with E-state index in [1.165, 1.54) is 85.3 Å². The Kier molecular flexibility index (Phi) is 34.0. The van der Waals surface area contributed by atoms with E-state index >= 15 is 0 Å². The summed E-state index contributed by atoms with van der Waals surface area (Å²) in [6.45, 7) is 25.8. The number of benzene rings is 1. The summed E-state index contributed by atoms with van der Waals surface area (Å²) >= 11 is 0. The van der Waals surface area contributed by atoms with Gasteiger partial charge in [0, 0.05) is 43.3 Å². The molecule has 3 heterocycles. The minimum atomic E-state index is -4.23. The molecule has 1 aromatic carbocycles. The van der Waals surface area contributed by atoms with Crippen molar-refractivity contribution >= 4 is 33.9 Å². The van der Waals surface area contributed by atoms with Crippen LogP contribution in [0.4, 0.5) is 0 Å². The summed E-state index contributed by atoms with van der Waals surface area (Å²) in [7, 11) is 0.973. The highest BCUT2D eigenvalue weighted by atomic mass is 32.3. The second kappa shape index (κ2) is 37.1. The van der Waals surface area contributed by atoms with Gasteiger partial charge in [-0.15, -0.1) is 0 Å². The lowest BCUT2D eigenvalue weighted by atomic mass is 9.74. The fourth-order valence-electron chi connectivity index (χ4n) is 11.8. The first-order valence-corrected chi connectivity index (χ1v) is 33.0. The number of esters is 2. The van der Waals surface area contributed by atoms with Crippen LogP contribution in [0.5, 0.6) is 5.75 Å². The van der Waals surface area contributed by atoms with Gasteiger partial charge in [0.1, 0.15) is 29.3 Å². The number of aromatic hydroxyl groups is 1. The second-order valence-electron chi connectivity index (χ2n) is 25.6. The molecule has 0 aliphatic carbocycles. The number of cyclic esters (lactones) is 1. The van der Waals surface area contributed by atoms with Crippen molar-refractivity contribution in [3.8, 4) is 5.75 Å². The summed E-state index contributed by atoms with van der Waals surface area (Å²) in [6.07, 6.45) is 4.86. The summed E-state index contributed by atoms with van der Waals surface area (Å²) < 4.78 is 76.6. The zero-order valence-electron chi connectivity index (χ0n) is 55.7. The van der Waals surface area contributed by atoms with E-state index < -0.39 is 124 Å². The maximum absolute atomic E-state index is 14.2. The van der Waals surface area contributed by atoms with Crippen molar-refractivity contribution in [3.63, 3.8) is 0 Å². The predicted molar refractivity (Wildman–Crippen MR) is 331 cm³/mol. The number of hydrogen-bond acceptors (Lipinski definition) is 20. The predicted octanol–water partition coefficient (Wildman–Crippen LogP) is 9.58. The minimum absolute atomic E-state index is 0.0217. The lowest BCUT2D eigenvalue weighted by Gasteiger charge is -2.49. The van der Waals surface area contributed by atoms with Gasteiger partial charge in [0.05, 0.1) is 60.3 Å². The topological polar surface area (TPSA) is 301 Å². The van der Waals surface area contributed by atoms with Crippen molar-refractivity contribution in [1.29, 1.82) is 0 Å². The van der Waals surface area contributed by atoms with Gasteiger partial charge in [0.25, 0.3) is 0 Å². The number of carbonyl (C=O) groups is 4. The zero-order chi connectivity index (χ0) is 66.4. The van der Waals surface area contributed by atoms with Crippen molar-refractivity contribution < 1.29 is 95.0 Å². The number of Topliss-reactive ketones (excluding diaryl/α,β-unsaturated/α-hetero) is 2. The molecule has 21 nitrogen and oxygen atoms in total. The van der Waals surface area contributed by atoms with Crippen LogP contribution in [0.2, 0.25) is 0 Å². The highest BCUT2D eigenvalue weighted by Crippen LogP contribution is 2.41. The smallest absolute Gasteiger partial charge is 0.397 e. The number of aliphatic hydroxyl groups excluding tert-OH is 2. The molecule has 0 bridgehead atoms. The Bertz CT molecular complexity index is 2390. The molecule has 504 valence electrons. The monoisotopic (exact) mass is 1260 g/mol. The van der Waals surface area contributed by atoms with Crippen molar-refractivity contribution in [3.05, 3.63) is 41.0 Å². The van der Waals surface area contributed by atoms with Crippen molar-refractivity contribution in [2.45, 2.75) is 291 Å². The lowest BCUT2D eigenvalue weighted by Crippen LogP contribution is -2.61. The average Bonchev–Trinajstić information content (AvgIpc) is 1.52. The number of aliphatic hydroxyl groups is 4. The molecule has 1 aromatic rings. The largest absolute Gasteiger partial charge is 0.508 e. The van der Waals surface area contributed by atoms with Crippen LogP contribution in [0.3, 0.4) is 0 Å². The first kappa shape index (κ1) is 79.6. The maximum atomic E-state index is 14.2. The Morgan fingerprint density at radius 3 is 1.91 bits per heavy atom. The molecular weight excluding hydrogens is 1150 g/mol. The van der Waals surface area contributed by atoms with Gasteiger partial charge in [0.15, 0.2) is 24.5 Å². The number of methoxy groups -OCH3 is 1. The van der Waals surface area contributed by atoms with E-state index in [-0.39, 0.29) is 56.0 Å². The third kappa shape index (κ3) is 25.3. The number of unbranched alkanes of at least 4 members (excludes halogenated alkanes) is 9. The van der Waals surface area contributed by atoms with Gasteiger partial charge in [-0.2, -0.15) is 8.42 Å². The Morgan fingerprint density at radius 2 is 1.39 bits per heavy atom. The van der Waals surface area contributed by atoms with E-state index in [1.54, 1.807) is 66.7 Å². The van der Waals surface area contributed by atoms with Gasteiger partial charge in [-0.25, -0.2) is 4.18 Å². The van der Waals surface area contributed by atoms with Gasteiger partial charge < -0.3 is 63.6 Å². The van der Waals surface area contributed by atoms with Gasteiger partial charge >= 0.3 is 22.3 Å². The number of carbonyl (C=O) groups excluding carboxylic acids is 4. The first-order chi connectivity index (χ1) is 40.4. The van der Waals surface area contributed by atoms with Gasteiger partial charge in [-0.1, -0.05) is 111 Å². The molecule has 22 heteroatoms.